The number of rotatable bonds is 9. The summed E-state index contributed by atoms with van der Waals surface area (Å²) in [5, 5.41) is 15.1. The van der Waals surface area contributed by atoms with Gasteiger partial charge in [0.1, 0.15) is 12.6 Å². The van der Waals surface area contributed by atoms with Gasteiger partial charge in [0.05, 0.1) is 5.92 Å². The molecule has 1 fully saturated rings. The third kappa shape index (κ3) is 5.81. The third-order valence-corrected chi connectivity index (χ3v) is 7.62. The van der Waals surface area contributed by atoms with E-state index in [0.717, 1.165) is 35.1 Å². The van der Waals surface area contributed by atoms with E-state index in [0.29, 0.717) is 25.0 Å². The van der Waals surface area contributed by atoms with Gasteiger partial charge in [-0.25, -0.2) is 4.79 Å². The molecule has 0 radical (unpaired) electrons. The Hall–Kier alpha value is -3.00. The Morgan fingerprint density at radius 3 is 2.29 bits per heavy atom. The van der Waals surface area contributed by atoms with Gasteiger partial charge in [0.25, 0.3) is 0 Å². The maximum absolute atomic E-state index is 13.0. The highest BCUT2D eigenvalue weighted by atomic mass is 32.2. The average Bonchev–Trinajstić information content (AvgIpc) is 3.19. The number of carbonyl (C=O) groups is 3. The number of nitrogens with one attached hydrogen (secondary N) is 2. The molecule has 2 aliphatic rings. The van der Waals surface area contributed by atoms with Crippen LogP contribution >= 0.6 is 11.8 Å². The molecule has 2 aromatic rings. The lowest BCUT2D eigenvalue weighted by Crippen LogP contribution is -2.53. The molecule has 3 atom stereocenters. The van der Waals surface area contributed by atoms with Crippen LogP contribution in [0.4, 0.5) is 4.79 Å². The van der Waals surface area contributed by atoms with E-state index in [1.54, 1.807) is 11.8 Å². The second-order valence-corrected chi connectivity index (χ2v) is 10.1. The second-order valence-electron chi connectivity index (χ2n) is 9.15. The molecule has 35 heavy (non-hydrogen) atoms. The van der Waals surface area contributed by atoms with E-state index in [1.165, 1.54) is 0 Å². The van der Waals surface area contributed by atoms with Gasteiger partial charge in [0.15, 0.2) is 0 Å². The molecule has 7 nitrogen and oxygen atoms in total. The quantitative estimate of drug-likeness (QED) is 0.475. The van der Waals surface area contributed by atoms with Crippen LogP contribution in [0.3, 0.4) is 0 Å². The maximum Gasteiger partial charge on any atom is 0.407 e. The van der Waals surface area contributed by atoms with Crippen molar-refractivity contribution in [2.75, 3.05) is 18.6 Å². The molecule has 2 aliphatic carbocycles. The number of fused-ring (bicyclic) bond motifs is 3. The molecule has 0 spiro atoms. The summed E-state index contributed by atoms with van der Waals surface area (Å²) in [4.78, 5) is 37.4. The largest absolute Gasteiger partial charge is 0.481 e. The summed E-state index contributed by atoms with van der Waals surface area (Å²) < 4.78 is 5.62. The van der Waals surface area contributed by atoms with Crippen molar-refractivity contribution in [2.45, 2.75) is 50.1 Å². The fraction of sp³-hybridized carbons (Fsp3) is 0.444. The minimum Gasteiger partial charge on any atom is -0.481 e. The number of aliphatic carboxylic acids is 1. The van der Waals surface area contributed by atoms with E-state index in [2.05, 4.69) is 34.9 Å². The van der Waals surface area contributed by atoms with Gasteiger partial charge < -0.3 is 20.5 Å². The van der Waals surface area contributed by atoms with Gasteiger partial charge in [-0.2, -0.15) is 11.8 Å². The van der Waals surface area contributed by atoms with Crippen molar-refractivity contribution in [1.82, 2.24) is 10.6 Å². The highest BCUT2D eigenvalue weighted by Crippen LogP contribution is 2.44. The lowest BCUT2D eigenvalue weighted by Gasteiger charge is -2.30. The van der Waals surface area contributed by atoms with Crippen LogP contribution in [0, 0.1) is 5.92 Å². The monoisotopic (exact) mass is 496 g/mol. The van der Waals surface area contributed by atoms with Crippen molar-refractivity contribution in [1.29, 1.82) is 0 Å². The molecule has 2 aromatic carbocycles. The number of carboxylic acids is 1. The predicted molar refractivity (Wildman–Crippen MR) is 137 cm³/mol. The van der Waals surface area contributed by atoms with Gasteiger partial charge in [0, 0.05) is 12.0 Å². The molecular formula is C27H32N2O5S. The van der Waals surface area contributed by atoms with E-state index in [4.69, 9.17) is 4.74 Å². The van der Waals surface area contributed by atoms with Crippen LogP contribution in [0.15, 0.2) is 48.5 Å². The van der Waals surface area contributed by atoms with E-state index in [-0.39, 0.29) is 18.4 Å². The molecule has 0 bridgehead atoms. The summed E-state index contributed by atoms with van der Waals surface area (Å²) in [6, 6.07) is 15.0. The fourth-order valence-corrected chi connectivity index (χ4v) is 5.64. The van der Waals surface area contributed by atoms with Gasteiger partial charge in [-0.15, -0.1) is 0 Å². The van der Waals surface area contributed by atoms with Gasteiger partial charge in [-0.3, -0.25) is 9.59 Å². The first-order valence-electron chi connectivity index (χ1n) is 12.1. The number of ether oxygens (including phenoxy) is 1. The zero-order chi connectivity index (χ0) is 24.8. The van der Waals surface area contributed by atoms with Gasteiger partial charge in [0.2, 0.25) is 5.91 Å². The molecule has 8 heteroatoms. The van der Waals surface area contributed by atoms with Crippen LogP contribution in [0.25, 0.3) is 11.1 Å². The van der Waals surface area contributed by atoms with E-state index in [1.807, 2.05) is 30.5 Å². The summed E-state index contributed by atoms with van der Waals surface area (Å²) in [6.45, 7) is 0.167. The summed E-state index contributed by atoms with van der Waals surface area (Å²) >= 11 is 1.58. The van der Waals surface area contributed by atoms with Crippen LogP contribution in [-0.2, 0) is 14.3 Å². The molecule has 0 aromatic heterocycles. The van der Waals surface area contributed by atoms with Crippen LogP contribution in [-0.4, -0.2) is 53.8 Å². The van der Waals surface area contributed by atoms with Crippen molar-refractivity contribution in [3.05, 3.63) is 59.7 Å². The molecule has 3 unspecified atom stereocenters. The Balaban J connectivity index is 1.39. The Bertz CT molecular complexity index is 1030. The number of carboxylic acid groups (broad SMARTS) is 1. The summed E-state index contributed by atoms with van der Waals surface area (Å²) in [7, 11) is 0. The first-order valence-corrected chi connectivity index (χ1v) is 13.5. The molecule has 2 amide bonds. The van der Waals surface area contributed by atoms with Crippen LogP contribution in [0.2, 0.25) is 0 Å². The van der Waals surface area contributed by atoms with Crippen molar-refractivity contribution in [2.24, 2.45) is 5.92 Å². The molecule has 0 saturated heterocycles. The SMILES string of the molecule is CSCCC(NC(=O)OCC1c2ccccc2-c2ccccc21)C(=O)NC1CCCCC1C(=O)O. The van der Waals surface area contributed by atoms with Crippen molar-refractivity contribution in [3.8, 4) is 11.1 Å². The molecule has 4 rings (SSSR count). The van der Waals surface area contributed by atoms with E-state index >= 15 is 0 Å². The van der Waals surface area contributed by atoms with Crippen molar-refractivity contribution < 1.29 is 24.2 Å². The topological polar surface area (TPSA) is 105 Å². The van der Waals surface area contributed by atoms with Gasteiger partial charge >= 0.3 is 12.1 Å². The Morgan fingerprint density at radius 2 is 1.66 bits per heavy atom. The average molecular weight is 497 g/mol. The van der Waals surface area contributed by atoms with Crippen LogP contribution in [0.1, 0.15) is 49.1 Å². The maximum atomic E-state index is 13.0. The molecular weight excluding hydrogens is 464 g/mol. The Kier molecular flexibility index (Phi) is 8.33. The number of thioether (sulfide) groups is 1. The Labute approximate surface area is 210 Å². The minimum atomic E-state index is -0.889. The smallest absolute Gasteiger partial charge is 0.407 e. The van der Waals surface area contributed by atoms with Gasteiger partial charge in [-0.05, 0) is 53.5 Å². The molecule has 3 N–H and O–H groups in total. The third-order valence-electron chi connectivity index (χ3n) is 6.97. The number of alkyl carbamates (subject to hydrolysis) is 1. The first-order chi connectivity index (χ1) is 17.0. The van der Waals surface area contributed by atoms with E-state index in [9.17, 15) is 19.5 Å². The fourth-order valence-electron chi connectivity index (χ4n) is 5.17. The molecule has 1 saturated carbocycles. The number of hydrogen-bond donors (Lipinski definition) is 3. The number of amides is 2. The summed E-state index contributed by atoms with van der Waals surface area (Å²) in [5.41, 5.74) is 4.54. The number of carbonyl (C=O) groups excluding carboxylic acids is 2. The number of benzene rings is 2. The number of hydrogen-bond acceptors (Lipinski definition) is 5. The predicted octanol–water partition coefficient (Wildman–Crippen LogP) is 4.41. The van der Waals surface area contributed by atoms with Crippen molar-refractivity contribution >= 4 is 29.7 Å². The molecule has 0 aliphatic heterocycles. The minimum absolute atomic E-state index is 0.0646. The zero-order valence-electron chi connectivity index (χ0n) is 19.9. The summed E-state index contributed by atoms with van der Waals surface area (Å²) in [5.74, 6) is -1.23. The van der Waals surface area contributed by atoms with E-state index < -0.39 is 30.1 Å². The second kappa shape index (κ2) is 11.6. The Morgan fingerprint density at radius 1 is 1.03 bits per heavy atom. The molecule has 0 heterocycles. The zero-order valence-corrected chi connectivity index (χ0v) is 20.7. The highest BCUT2D eigenvalue weighted by Gasteiger charge is 2.34. The lowest BCUT2D eigenvalue weighted by atomic mass is 9.84. The van der Waals surface area contributed by atoms with Crippen LogP contribution in [0.5, 0.6) is 0 Å². The normalized spacial score (nSPS) is 19.8. The molecule has 186 valence electrons. The standard InChI is InChI=1S/C27H32N2O5S/c1-35-15-14-24(25(30)28-23-13-7-6-12-21(23)26(31)32)29-27(33)34-16-22-19-10-4-2-8-17(19)18-9-3-5-11-20(18)22/h2-5,8-11,21-24H,6-7,12-16H2,1H3,(H,28,30)(H,29,33)(H,31,32). The van der Waals surface area contributed by atoms with Gasteiger partial charge in [-0.1, -0.05) is 61.4 Å². The highest BCUT2D eigenvalue weighted by molar-refractivity contribution is 7.98. The van der Waals surface area contributed by atoms with Crippen molar-refractivity contribution in [3.63, 3.8) is 0 Å². The van der Waals surface area contributed by atoms with Crippen LogP contribution < -0.4 is 10.6 Å². The summed E-state index contributed by atoms with van der Waals surface area (Å²) in [6.07, 6.45) is 4.62. The first kappa shape index (κ1) is 25.1. The lowest BCUT2D eigenvalue weighted by molar-refractivity contribution is -0.144.